The Balaban J connectivity index is 1.45. The molecule has 0 spiro atoms. The van der Waals surface area contributed by atoms with Crippen molar-refractivity contribution in [2.45, 2.75) is 70.5 Å². The van der Waals surface area contributed by atoms with Crippen LogP contribution in [-0.2, 0) is 9.53 Å². The van der Waals surface area contributed by atoms with Crippen molar-refractivity contribution in [3.05, 3.63) is 42.1 Å². The molecule has 2 aliphatic carbocycles. The van der Waals surface area contributed by atoms with Crippen LogP contribution in [0.3, 0.4) is 0 Å². The van der Waals surface area contributed by atoms with Crippen LogP contribution in [0.1, 0.15) is 56.9 Å². The number of carbonyl (C=O) groups is 2. The van der Waals surface area contributed by atoms with Gasteiger partial charge in [0.2, 0.25) is 0 Å². The van der Waals surface area contributed by atoms with E-state index in [1.54, 1.807) is 11.9 Å². The smallest absolute Gasteiger partial charge is 0.415 e. The predicted octanol–water partition coefficient (Wildman–Crippen LogP) is 5.32. The molecule has 1 amide bonds. The number of ether oxygens (including phenoxy) is 2. The Kier molecular flexibility index (Phi) is 6.72. The summed E-state index contributed by atoms with van der Waals surface area (Å²) in [6.07, 6.45) is 8.68. The Morgan fingerprint density at radius 3 is 2.38 bits per heavy atom. The highest BCUT2D eigenvalue weighted by Gasteiger charge is 2.28. The van der Waals surface area contributed by atoms with Gasteiger partial charge in [0, 0.05) is 18.9 Å². The van der Waals surface area contributed by atoms with Crippen LogP contribution >= 0.6 is 0 Å². The Morgan fingerprint density at radius 1 is 1.00 bits per heavy atom. The van der Waals surface area contributed by atoms with Gasteiger partial charge in [-0.05, 0) is 94.2 Å². The van der Waals surface area contributed by atoms with Gasteiger partial charge >= 0.3 is 12.1 Å². The molecule has 2 fully saturated rings. The van der Waals surface area contributed by atoms with Gasteiger partial charge in [0.25, 0.3) is 0 Å². The maximum atomic E-state index is 12.7. The second kappa shape index (κ2) is 9.67. The Bertz CT molecular complexity index is 946. The fourth-order valence-corrected chi connectivity index (χ4v) is 4.82. The summed E-state index contributed by atoms with van der Waals surface area (Å²) in [5.41, 5.74) is 1.89. The fraction of sp³-hybridized carbons (Fsp3) is 0.520. The second-order valence-electron chi connectivity index (χ2n) is 8.98. The van der Waals surface area contributed by atoms with Gasteiger partial charge in [-0.15, -0.1) is 0 Å². The Hall–Kier alpha value is -2.96. The molecule has 7 heteroatoms. The average Bonchev–Trinajstić information content (AvgIpc) is 3.43. The second-order valence-corrected chi connectivity index (χ2v) is 8.98. The highest BCUT2D eigenvalue weighted by atomic mass is 16.6. The standard InChI is InChI=1S/C25H32N2O5/c1-17-14-15-27(23(17)26(2)25(30)32-20-7-3-4-8-20)19-10-12-21(13-11-19)31-22-9-5-6-18(16-22)24(28)29/h10-15,18,20,22H,3-9,16H2,1-2H3,(H,28,29)/t18-,22?/m0/s1. The van der Waals surface area contributed by atoms with E-state index in [-0.39, 0.29) is 24.2 Å². The largest absolute Gasteiger partial charge is 0.490 e. The molecule has 1 aromatic heterocycles. The number of aryl methyl sites for hydroxylation is 1. The van der Waals surface area contributed by atoms with Crippen molar-refractivity contribution in [1.29, 1.82) is 0 Å². The molecular weight excluding hydrogens is 408 g/mol. The molecule has 2 aromatic rings. The molecule has 0 radical (unpaired) electrons. The number of anilines is 1. The van der Waals surface area contributed by atoms with Crippen LogP contribution in [0.15, 0.2) is 36.5 Å². The minimum Gasteiger partial charge on any atom is -0.490 e. The molecule has 2 atom stereocenters. The number of amides is 1. The van der Waals surface area contributed by atoms with Crippen LogP contribution in [0.2, 0.25) is 0 Å². The number of rotatable bonds is 6. The number of carboxylic acid groups (broad SMARTS) is 1. The summed E-state index contributed by atoms with van der Waals surface area (Å²) in [6.45, 7) is 1.98. The van der Waals surface area contributed by atoms with Gasteiger partial charge in [0.05, 0.1) is 12.0 Å². The van der Waals surface area contributed by atoms with Crippen LogP contribution in [-0.4, -0.2) is 41.0 Å². The van der Waals surface area contributed by atoms with Crippen LogP contribution < -0.4 is 9.64 Å². The van der Waals surface area contributed by atoms with Crippen LogP contribution in [0, 0.1) is 12.8 Å². The lowest BCUT2D eigenvalue weighted by Gasteiger charge is -2.27. The molecule has 7 nitrogen and oxygen atoms in total. The predicted molar refractivity (Wildman–Crippen MR) is 122 cm³/mol. The first-order valence-corrected chi connectivity index (χ1v) is 11.5. The summed E-state index contributed by atoms with van der Waals surface area (Å²) in [7, 11) is 1.75. The van der Waals surface area contributed by atoms with Gasteiger partial charge in [0.15, 0.2) is 0 Å². The summed E-state index contributed by atoms with van der Waals surface area (Å²) in [5.74, 6) is 0.445. The number of hydrogen-bond acceptors (Lipinski definition) is 4. The molecule has 1 aromatic carbocycles. The van der Waals surface area contributed by atoms with Crippen molar-refractivity contribution in [3.63, 3.8) is 0 Å². The van der Waals surface area contributed by atoms with Crippen LogP contribution in [0.5, 0.6) is 5.75 Å². The highest BCUT2D eigenvalue weighted by Crippen LogP contribution is 2.30. The molecule has 4 rings (SSSR count). The van der Waals surface area contributed by atoms with Gasteiger partial charge in [-0.1, -0.05) is 0 Å². The first-order chi connectivity index (χ1) is 15.4. The molecular formula is C25H32N2O5. The Morgan fingerprint density at radius 2 is 1.69 bits per heavy atom. The zero-order valence-electron chi connectivity index (χ0n) is 18.8. The fourth-order valence-electron chi connectivity index (χ4n) is 4.82. The minimum absolute atomic E-state index is 0.0191. The van der Waals surface area contributed by atoms with Crippen molar-refractivity contribution >= 4 is 17.9 Å². The summed E-state index contributed by atoms with van der Waals surface area (Å²) >= 11 is 0. The van der Waals surface area contributed by atoms with E-state index in [9.17, 15) is 14.7 Å². The van der Waals surface area contributed by atoms with Gasteiger partial charge in [0.1, 0.15) is 17.7 Å². The maximum Gasteiger partial charge on any atom is 0.415 e. The lowest BCUT2D eigenvalue weighted by atomic mass is 9.87. The van der Waals surface area contributed by atoms with E-state index in [1.165, 1.54) is 0 Å². The third-order valence-electron chi connectivity index (χ3n) is 6.61. The molecule has 2 saturated carbocycles. The average molecular weight is 441 g/mol. The van der Waals surface area contributed by atoms with E-state index in [0.29, 0.717) is 6.42 Å². The zero-order valence-corrected chi connectivity index (χ0v) is 18.8. The molecule has 1 heterocycles. The number of carboxylic acids is 1. The summed E-state index contributed by atoms with van der Waals surface area (Å²) < 4.78 is 13.7. The van der Waals surface area contributed by atoms with E-state index in [1.807, 2.05) is 48.0 Å². The van der Waals surface area contributed by atoms with Crippen molar-refractivity contribution in [3.8, 4) is 11.4 Å². The van der Waals surface area contributed by atoms with E-state index >= 15 is 0 Å². The molecule has 0 aliphatic heterocycles. The number of benzene rings is 1. The number of aromatic nitrogens is 1. The first-order valence-electron chi connectivity index (χ1n) is 11.5. The molecule has 0 saturated heterocycles. The van der Waals surface area contributed by atoms with Crippen molar-refractivity contribution in [2.24, 2.45) is 5.92 Å². The summed E-state index contributed by atoms with van der Waals surface area (Å²) in [6, 6.07) is 9.68. The third-order valence-corrected chi connectivity index (χ3v) is 6.61. The number of hydrogen-bond donors (Lipinski definition) is 1. The lowest BCUT2D eigenvalue weighted by Crippen LogP contribution is -2.32. The minimum atomic E-state index is -0.736. The van der Waals surface area contributed by atoms with Crippen LogP contribution in [0.25, 0.3) is 5.69 Å². The normalized spacial score (nSPS) is 21.3. The van der Waals surface area contributed by atoms with E-state index < -0.39 is 5.97 Å². The SMILES string of the molecule is Cc1ccn(-c2ccc(OC3CCC[C@H](C(=O)O)C3)cc2)c1N(C)C(=O)OC1CCCC1. The zero-order chi connectivity index (χ0) is 22.7. The van der Waals surface area contributed by atoms with Crippen LogP contribution in [0.4, 0.5) is 10.6 Å². The molecule has 0 bridgehead atoms. The van der Waals surface area contributed by atoms with Gasteiger partial charge < -0.3 is 19.1 Å². The molecule has 1 N–H and O–H groups in total. The number of aliphatic carboxylic acids is 1. The topological polar surface area (TPSA) is 81.0 Å². The summed E-state index contributed by atoms with van der Waals surface area (Å²) in [5, 5.41) is 9.28. The highest BCUT2D eigenvalue weighted by molar-refractivity contribution is 5.87. The van der Waals surface area contributed by atoms with E-state index in [4.69, 9.17) is 9.47 Å². The maximum absolute atomic E-state index is 12.7. The monoisotopic (exact) mass is 440 g/mol. The lowest BCUT2D eigenvalue weighted by molar-refractivity contribution is -0.143. The molecule has 32 heavy (non-hydrogen) atoms. The molecule has 2 aliphatic rings. The van der Waals surface area contributed by atoms with Crippen molar-refractivity contribution in [1.82, 2.24) is 4.57 Å². The van der Waals surface area contributed by atoms with E-state index in [0.717, 1.165) is 67.8 Å². The van der Waals surface area contributed by atoms with Gasteiger partial charge in [-0.2, -0.15) is 0 Å². The Labute approximate surface area is 188 Å². The van der Waals surface area contributed by atoms with E-state index in [2.05, 4.69) is 0 Å². The van der Waals surface area contributed by atoms with Gasteiger partial charge in [-0.3, -0.25) is 9.69 Å². The summed E-state index contributed by atoms with van der Waals surface area (Å²) in [4.78, 5) is 25.6. The van der Waals surface area contributed by atoms with Crippen molar-refractivity contribution < 1.29 is 24.2 Å². The third kappa shape index (κ3) is 4.92. The molecule has 1 unspecified atom stereocenters. The first kappa shape index (κ1) is 22.2. The molecule has 172 valence electrons. The van der Waals surface area contributed by atoms with Crippen molar-refractivity contribution in [2.75, 3.05) is 11.9 Å². The van der Waals surface area contributed by atoms with Gasteiger partial charge in [-0.25, -0.2) is 4.79 Å². The quantitative estimate of drug-likeness (QED) is 0.657. The number of nitrogens with zero attached hydrogens (tertiary/aromatic N) is 2. The number of carbonyl (C=O) groups excluding carboxylic acids is 1.